The Hall–Kier alpha value is -0.470. The highest BCUT2D eigenvalue weighted by atomic mass is 31.1. The number of hydrogen-bond acceptors (Lipinski definition) is 3. The van der Waals surface area contributed by atoms with E-state index in [-0.39, 0.29) is 7.92 Å². The molecule has 0 N–H and O–H groups in total. The molecular weight excluding hydrogens is 445 g/mol. The summed E-state index contributed by atoms with van der Waals surface area (Å²) in [6.07, 6.45) is 0. The third kappa shape index (κ3) is 5.84. The molecule has 0 saturated heterocycles. The Labute approximate surface area is 219 Å². The van der Waals surface area contributed by atoms with Gasteiger partial charge < -0.3 is 0 Å². The number of benzene rings is 1. The van der Waals surface area contributed by atoms with E-state index in [0.717, 1.165) is 17.2 Å². The van der Waals surface area contributed by atoms with E-state index >= 15 is 0 Å². The maximum atomic E-state index is 2.86. The van der Waals surface area contributed by atoms with Crippen LogP contribution in [0.1, 0.15) is 90.0 Å². The number of rotatable bonds is 12. The molecule has 6 atom stereocenters. The average Bonchev–Trinajstić information content (AvgIpc) is 3.59. The maximum absolute atomic E-state index is 2.86. The summed E-state index contributed by atoms with van der Waals surface area (Å²) in [4.78, 5) is 8.54. The van der Waals surface area contributed by atoms with Gasteiger partial charge in [0.1, 0.15) is 0 Å². The highest BCUT2D eigenvalue weighted by Gasteiger charge is 2.67. The molecule has 0 amide bonds. The Kier molecular flexibility index (Phi) is 9.56. The predicted octanol–water partition coefficient (Wildman–Crippen LogP) is 6.66. The van der Waals surface area contributed by atoms with Gasteiger partial charge in [0.15, 0.2) is 0 Å². The smallest absolute Gasteiger partial charge is 0.0350 e. The van der Waals surface area contributed by atoms with Crippen molar-refractivity contribution in [3.8, 4) is 0 Å². The van der Waals surface area contributed by atoms with Crippen molar-refractivity contribution >= 4 is 13.2 Å². The van der Waals surface area contributed by atoms with E-state index in [1.165, 1.54) is 0 Å². The van der Waals surface area contributed by atoms with E-state index in [1.807, 2.05) is 0 Å². The summed E-state index contributed by atoms with van der Waals surface area (Å²) in [5, 5.41) is 1.63. The molecule has 4 heteroatoms. The zero-order chi connectivity index (χ0) is 26.4. The van der Waals surface area contributed by atoms with Gasteiger partial charge in [0.2, 0.25) is 0 Å². The van der Waals surface area contributed by atoms with Crippen LogP contribution in [0.5, 0.6) is 0 Å². The lowest BCUT2D eigenvalue weighted by Gasteiger charge is -2.35. The fourth-order valence-electron chi connectivity index (χ4n) is 7.58. The fraction of sp³-hybridized carbons (Fsp3) is 0.806. The minimum atomic E-state index is -0.280. The Morgan fingerprint density at radius 3 is 1.20 bits per heavy atom. The Bertz CT molecular complexity index is 740. The molecule has 1 aromatic carbocycles. The minimum absolute atomic E-state index is 0.280. The van der Waals surface area contributed by atoms with Crippen molar-refractivity contribution < 1.29 is 0 Å². The Morgan fingerprint density at radius 2 is 0.857 bits per heavy atom. The molecule has 1 aromatic rings. The fourth-order valence-corrected chi connectivity index (χ4v) is 11.7. The molecule has 2 fully saturated rings. The van der Waals surface area contributed by atoms with Gasteiger partial charge in [-0.15, -0.1) is 0 Å². The highest BCUT2D eigenvalue weighted by molar-refractivity contribution is 7.68. The zero-order valence-electron chi connectivity index (χ0n) is 25.1. The summed E-state index contributed by atoms with van der Waals surface area (Å²) in [5.41, 5.74) is 1.53. The van der Waals surface area contributed by atoms with Crippen LogP contribution >= 0.6 is 7.92 Å². The molecule has 35 heavy (non-hydrogen) atoms. The summed E-state index contributed by atoms with van der Waals surface area (Å²) in [5.74, 6) is 0.770. The second-order valence-corrected chi connectivity index (χ2v) is 15.5. The largest absolute Gasteiger partial charge is 0.295 e. The maximum Gasteiger partial charge on any atom is 0.0350 e. The molecule has 0 spiro atoms. The van der Waals surface area contributed by atoms with Gasteiger partial charge in [-0.05, 0) is 94.3 Å². The first-order chi connectivity index (χ1) is 16.3. The Morgan fingerprint density at radius 1 is 0.514 bits per heavy atom. The SMILES string of the molecule is CC1C(N(C(C)C)C(C)C)C1P(c1ccccc1)C1C(N(C(C)C)C(C)C)C1N(C(C)C)C(C)C. The monoisotopic (exact) mass is 501 g/mol. The molecule has 0 aromatic heterocycles. The van der Waals surface area contributed by atoms with Crippen molar-refractivity contribution in [2.45, 2.75) is 156 Å². The molecule has 0 aliphatic heterocycles. The summed E-state index contributed by atoms with van der Waals surface area (Å²) in [6, 6.07) is 17.1. The van der Waals surface area contributed by atoms with Crippen molar-refractivity contribution in [2.24, 2.45) is 5.92 Å². The van der Waals surface area contributed by atoms with Crippen LogP contribution in [0.2, 0.25) is 0 Å². The second-order valence-electron chi connectivity index (χ2n) is 13.0. The molecular formula is C31H56N3P. The summed E-state index contributed by atoms with van der Waals surface area (Å²) in [6.45, 7) is 31.4. The zero-order valence-corrected chi connectivity index (χ0v) is 26.0. The molecule has 3 rings (SSSR count). The molecule has 0 radical (unpaired) electrons. The van der Waals surface area contributed by atoms with Crippen LogP contribution in [-0.4, -0.2) is 80.4 Å². The van der Waals surface area contributed by atoms with Crippen molar-refractivity contribution in [3.63, 3.8) is 0 Å². The molecule has 200 valence electrons. The van der Waals surface area contributed by atoms with Crippen molar-refractivity contribution in [1.82, 2.24) is 14.7 Å². The third-order valence-electron chi connectivity index (χ3n) is 8.50. The van der Waals surface area contributed by atoms with Gasteiger partial charge in [0.05, 0.1) is 0 Å². The van der Waals surface area contributed by atoms with Crippen molar-refractivity contribution in [3.05, 3.63) is 30.3 Å². The van der Waals surface area contributed by atoms with Gasteiger partial charge in [0, 0.05) is 65.7 Å². The van der Waals surface area contributed by atoms with Gasteiger partial charge in [-0.25, -0.2) is 0 Å². The van der Waals surface area contributed by atoms with Gasteiger partial charge in [-0.1, -0.05) is 45.2 Å². The lowest BCUT2D eigenvalue weighted by Crippen LogP contribution is -2.46. The summed E-state index contributed by atoms with van der Waals surface area (Å²) >= 11 is 0. The van der Waals surface area contributed by atoms with Gasteiger partial charge >= 0.3 is 0 Å². The van der Waals surface area contributed by atoms with Crippen LogP contribution in [0, 0.1) is 5.92 Å². The first kappa shape index (κ1) is 29.1. The number of nitrogens with zero attached hydrogens (tertiary/aromatic N) is 3. The van der Waals surface area contributed by atoms with Gasteiger partial charge in [-0.2, -0.15) is 0 Å². The van der Waals surface area contributed by atoms with E-state index in [9.17, 15) is 0 Å². The molecule has 0 bridgehead atoms. The molecule has 0 heterocycles. The van der Waals surface area contributed by atoms with Crippen molar-refractivity contribution in [1.29, 1.82) is 0 Å². The third-order valence-corrected chi connectivity index (χ3v) is 12.1. The van der Waals surface area contributed by atoms with Crippen LogP contribution in [0.3, 0.4) is 0 Å². The molecule has 2 aliphatic rings. The average molecular weight is 502 g/mol. The van der Waals surface area contributed by atoms with E-state index in [4.69, 9.17) is 0 Å². The Balaban J connectivity index is 2.09. The molecule has 3 nitrogen and oxygen atoms in total. The van der Waals surface area contributed by atoms with E-state index in [2.05, 4.69) is 135 Å². The highest BCUT2D eigenvalue weighted by Crippen LogP contribution is 2.68. The lowest BCUT2D eigenvalue weighted by atomic mass is 10.2. The summed E-state index contributed by atoms with van der Waals surface area (Å²) < 4.78 is 0. The van der Waals surface area contributed by atoms with Crippen molar-refractivity contribution in [2.75, 3.05) is 0 Å². The molecule has 2 saturated carbocycles. The molecule has 2 aliphatic carbocycles. The standard InChI is InChI=1S/C31H56N3P/c1-19(2)32(20(3)4)27-25(13)30(27)35(26-17-15-14-16-18-26)31-28(33(21(5)6)22(7)8)29(31)34(23(9)10)24(11)12/h14-25,27-31H,1-13H3. The lowest BCUT2D eigenvalue weighted by molar-refractivity contribution is 0.108. The van der Waals surface area contributed by atoms with Gasteiger partial charge in [0.25, 0.3) is 0 Å². The van der Waals surface area contributed by atoms with Crippen LogP contribution < -0.4 is 5.30 Å². The quantitative estimate of drug-likeness (QED) is 0.297. The van der Waals surface area contributed by atoms with Crippen LogP contribution in [0.25, 0.3) is 0 Å². The minimum Gasteiger partial charge on any atom is -0.295 e. The van der Waals surface area contributed by atoms with Crippen LogP contribution in [-0.2, 0) is 0 Å². The van der Waals surface area contributed by atoms with E-state index < -0.39 is 0 Å². The second kappa shape index (κ2) is 11.5. The van der Waals surface area contributed by atoms with Crippen LogP contribution in [0.4, 0.5) is 0 Å². The van der Waals surface area contributed by atoms with E-state index in [1.54, 1.807) is 5.30 Å². The topological polar surface area (TPSA) is 9.72 Å². The first-order valence-corrected chi connectivity index (χ1v) is 16.0. The van der Waals surface area contributed by atoms with Crippen LogP contribution in [0.15, 0.2) is 30.3 Å². The predicted molar refractivity (Wildman–Crippen MR) is 157 cm³/mol. The first-order valence-electron chi connectivity index (χ1n) is 14.5. The number of hydrogen-bond donors (Lipinski definition) is 0. The molecule has 6 unspecified atom stereocenters. The van der Waals surface area contributed by atoms with E-state index in [0.29, 0.717) is 54.4 Å². The summed E-state index contributed by atoms with van der Waals surface area (Å²) in [7, 11) is -0.280. The van der Waals surface area contributed by atoms with Gasteiger partial charge in [-0.3, -0.25) is 14.7 Å². The normalized spacial score (nSPS) is 29.8.